The van der Waals surface area contributed by atoms with Crippen LogP contribution in [0.5, 0.6) is 0 Å². The Morgan fingerprint density at radius 2 is 1.89 bits per heavy atom. The smallest absolute Gasteiger partial charge is 0.145 e. The van der Waals surface area contributed by atoms with Crippen LogP contribution in [0.3, 0.4) is 0 Å². The van der Waals surface area contributed by atoms with Crippen LogP contribution in [-0.4, -0.2) is 35.8 Å². The van der Waals surface area contributed by atoms with Crippen molar-refractivity contribution in [2.45, 2.75) is 39.7 Å². The van der Waals surface area contributed by atoms with Crippen LogP contribution in [0.25, 0.3) is 0 Å². The van der Waals surface area contributed by atoms with Crippen LogP contribution in [0.4, 0.5) is 11.6 Å². The lowest BCUT2D eigenvalue weighted by Crippen LogP contribution is -2.09. The fraction of sp³-hybridized carbons (Fsp3) is 0.692. The quantitative estimate of drug-likeness (QED) is 0.680. The second-order valence-corrected chi connectivity index (χ2v) is 5.26. The number of nitrogens with one attached hydrogen (secondary N) is 2. The van der Waals surface area contributed by atoms with Crippen LogP contribution in [0, 0.1) is 0 Å². The number of nitrogens with zero attached hydrogens (tertiary/aromatic N) is 2. The zero-order valence-corrected chi connectivity index (χ0v) is 13.5. The number of hydrogen-bond acceptors (Lipinski definition) is 5. The topological polar surface area (TPSA) is 59.1 Å². The zero-order chi connectivity index (χ0) is 14.1. The molecule has 0 saturated carbocycles. The van der Waals surface area contributed by atoms with E-state index >= 15 is 0 Å². The summed E-state index contributed by atoms with van der Waals surface area (Å²) in [7, 11) is 0. The van der Waals surface area contributed by atoms with E-state index in [-0.39, 0.29) is 0 Å². The van der Waals surface area contributed by atoms with E-state index in [2.05, 4.69) is 50.4 Å². The van der Waals surface area contributed by atoms with Gasteiger partial charge in [0.1, 0.15) is 22.4 Å². The van der Waals surface area contributed by atoms with E-state index in [1.807, 2.05) is 6.92 Å². The van der Waals surface area contributed by atoms with Gasteiger partial charge in [0.2, 0.25) is 0 Å². The van der Waals surface area contributed by atoms with Gasteiger partial charge >= 0.3 is 0 Å². The molecule has 1 aromatic heterocycles. The molecule has 0 bridgehead atoms. The molecule has 1 rings (SSSR count). The van der Waals surface area contributed by atoms with Crippen molar-refractivity contribution in [1.29, 1.82) is 0 Å². The van der Waals surface area contributed by atoms with Gasteiger partial charge < -0.3 is 15.4 Å². The minimum atomic E-state index is 0.312. The van der Waals surface area contributed by atoms with E-state index in [1.54, 1.807) is 6.33 Å². The first-order valence-corrected chi connectivity index (χ1v) is 7.54. The van der Waals surface area contributed by atoms with Crippen molar-refractivity contribution in [3.63, 3.8) is 0 Å². The van der Waals surface area contributed by atoms with E-state index in [4.69, 9.17) is 4.74 Å². The van der Waals surface area contributed by atoms with Crippen molar-refractivity contribution in [2.24, 2.45) is 0 Å². The summed E-state index contributed by atoms with van der Waals surface area (Å²) in [5, 5.41) is 6.49. The third kappa shape index (κ3) is 6.20. The van der Waals surface area contributed by atoms with Crippen LogP contribution >= 0.6 is 15.9 Å². The van der Waals surface area contributed by atoms with Gasteiger partial charge in [-0.3, -0.25) is 0 Å². The normalized spacial score (nSPS) is 10.8. The summed E-state index contributed by atoms with van der Waals surface area (Å²) in [5.41, 5.74) is 0. The van der Waals surface area contributed by atoms with Gasteiger partial charge in [0.25, 0.3) is 0 Å². The highest BCUT2D eigenvalue weighted by molar-refractivity contribution is 9.10. The number of aromatic nitrogens is 2. The highest BCUT2D eigenvalue weighted by Crippen LogP contribution is 2.26. The Kier molecular flexibility index (Phi) is 7.74. The predicted octanol–water partition coefficient (Wildman–Crippen LogP) is 3.29. The Morgan fingerprint density at radius 1 is 1.21 bits per heavy atom. The van der Waals surface area contributed by atoms with Gasteiger partial charge in [-0.2, -0.15) is 0 Å². The number of hydrogen-bond donors (Lipinski definition) is 2. The molecule has 1 heterocycles. The fourth-order valence-corrected chi connectivity index (χ4v) is 2.02. The minimum absolute atomic E-state index is 0.312. The maximum atomic E-state index is 5.50. The fourth-order valence-electron chi connectivity index (χ4n) is 1.54. The molecule has 1 aromatic rings. The van der Waals surface area contributed by atoms with Crippen molar-refractivity contribution in [2.75, 3.05) is 30.3 Å². The molecular weight excluding hydrogens is 308 g/mol. The molecule has 0 spiro atoms. The molecule has 5 nitrogen and oxygen atoms in total. The molecule has 0 amide bonds. The van der Waals surface area contributed by atoms with E-state index in [0.717, 1.165) is 48.6 Å². The summed E-state index contributed by atoms with van der Waals surface area (Å²) < 4.78 is 6.38. The third-order valence-corrected chi connectivity index (χ3v) is 3.20. The highest BCUT2D eigenvalue weighted by atomic mass is 79.9. The predicted molar refractivity (Wildman–Crippen MR) is 82.7 cm³/mol. The average Bonchev–Trinajstić information content (AvgIpc) is 2.37. The van der Waals surface area contributed by atoms with E-state index in [1.165, 1.54) is 0 Å². The highest BCUT2D eigenvalue weighted by Gasteiger charge is 2.06. The molecular formula is C13H23BrN4O. The summed E-state index contributed by atoms with van der Waals surface area (Å²) in [6.45, 7) is 8.67. The molecule has 0 saturated heterocycles. The van der Waals surface area contributed by atoms with Gasteiger partial charge in [-0.25, -0.2) is 9.97 Å². The van der Waals surface area contributed by atoms with Crippen molar-refractivity contribution in [3.05, 3.63) is 10.8 Å². The molecule has 0 radical (unpaired) electrons. The Balaban J connectivity index is 2.31. The molecule has 0 fully saturated rings. The number of unbranched alkanes of at least 4 members (excludes halogenated alkanes) is 1. The van der Waals surface area contributed by atoms with Crippen molar-refractivity contribution in [3.8, 4) is 0 Å². The number of halogens is 1. The third-order valence-electron chi connectivity index (χ3n) is 2.45. The zero-order valence-electron chi connectivity index (χ0n) is 11.9. The molecule has 0 unspecified atom stereocenters. The van der Waals surface area contributed by atoms with Gasteiger partial charge in [-0.1, -0.05) is 0 Å². The van der Waals surface area contributed by atoms with E-state index in [0.29, 0.717) is 6.10 Å². The van der Waals surface area contributed by atoms with Gasteiger partial charge in [-0.05, 0) is 49.5 Å². The summed E-state index contributed by atoms with van der Waals surface area (Å²) in [6.07, 6.45) is 3.98. The molecule has 0 atom stereocenters. The number of ether oxygens (including phenoxy) is 1. The standard InChI is InChI=1S/C13H23BrN4O/c1-4-15-12-11(14)13(18-9-17-12)16-7-5-6-8-19-10(2)3/h9-10H,4-8H2,1-3H3,(H2,15,16,17,18). The molecule has 19 heavy (non-hydrogen) atoms. The van der Waals surface area contributed by atoms with Crippen molar-refractivity contribution in [1.82, 2.24) is 9.97 Å². The van der Waals surface area contributed by atoms with Gasteiger partial charge in [-0.15, -0.1) is 0 Å². The molecule has 0 aromatic carbocycles. The summed E-state index contributed by atoms with van der Waals surface area (Å²) >= 11 is 3.51. The maximum absolute atomic E-state index is 5.50. The Morgan fingerprint density at radius 3 is 2.53 bits per heavy atom. The Labute approximate surface area is 123 Å². The summed E-state index contributed by atoms with van der Waals surface area (Å²) in [6, 6.07) is 0. The van der Waals surface area contributed by atoms with Crippen LogP contribution < -0.4 is 10.6 Å². The molecule has 2 N–H and O–H groups in total. The van der Waals surface area contributed by atoms with Crippen molar-refractivity contribution < 1.29 is 4.74 Å². The van der Waals surface area contributed by atoms with Crippen LogP contribution in [0.15, 0.2) is 10.8 Å². The molecule has 0 aliphatic heterocycles. The molecule has 108 valence electrons. The molecule has 6 heteroatoms. The average molecular weight is 331 g/mol. The lowest BCUT2D eigenvalue weighted by molar-refractivity contribution is 0.0765. The Hall–Kier alpha value is -0.880. The first-order valence-electron chi connectivity index (χ1n) is 6.75. The second kappa shape index (κ2) is 9.09. The lowest BCUT2D eigenvalue weighted by atomic mass is 10.3. The number of anilines is 2. The molecule has 0 aliphatic rings. The van der Waals surface area contributed by atoms with Crippen LogP contribution in [-0.2, 0) is 4.74 Å². The van der Waals surface area contributed by atoms with Gasteiger partial charge in [0.05, 0.1) is 6.10 Å². The van der Waals surface area contributed by atoms with E-state index in [9.17, 15) is 0 Å². The number of rotatable bonds is 9. The SMILES string of the molecule is CCNc1ncnc(NCCCCOC(C)C)c1Br. The summed E-state index contributed by atoms with van der Waals surface area (Å²) in [4.78, 5) is 8.40. The minimum Gasteiger partial charge on any atom is -0.379 e. The monoisotopic (exact) mass is 330 g/mol. The Bertz CT molecular complexity index is 374. The van der Waals surface area contributed by atoms with Crippen LogP contribution in [0.2, 0.25) is 0 Å². The first kappa shape index (κ1) is 16.2. The van der Waals surface area contributed by atoms with Gasteiger partial charge in [0.15, 0.2) is 0 Å². The van der Waals surface area contributed by atoms with Crippen molar-refractivity contribution >= 4 is 27.6 Å². The maximum Gasteiger partial charge on any atom is 0.145 e. The van der Waals surface area contributed by atoms with Crippen LogP contribution in [0.1, 0.15) is 33.6 Å². The van der Waals surface area contributed by atoms with E-state index < -0.39 is 0 Å². The summed E-state index contributed by atoms with van der Waals surface area (Å²) in [5.74, 6) is 1.65. The largest absolute Gasteiger partial charge is 0.379 e. The van der Waals surface area contributed by atoms with Gasteiger partial charge in [0, 0.05) is 19.7 Å². The molecule has 0 aliphatic carbocycles. The first-order chi connectivity index (χ1) is 9.15. The lowest BCUT2D eigenvalue weighted by Gasteiger charge is -2.11. The second-order valence-electron chi connectivity index (χ2n) is 4.47.